The maximum atomic E-state index is 6.27. The van der Waals surface area contributed by atoms with Crippen LogP contribution in [0.1, 0.15) is 42.5 Å². The Labute approximate surface area is 130 Å². The van der Waals surface area contributed by atoms with Crippen LogP contribution in [0, 0.1) is 0 Å². The van der Waals surface area contributed by atoms with Gasteiger partial charge in [0.25, 0.3) is 0 Å². The molecule has 0 amide bonds. The van der Waals surface area contributed by atoms with Gasteiger partial charge in [0.1, 0.15) is 0 Å². The van der Waals surface area contributed by atoms with Gasteiger partial charge in [0.15, 0.2) is 0 Å². The van der Waals surface area contributed by atoms with Gasteiger partial charge in [-0.15, -0.1) is 0 Å². The maximum Gasteiger partial charge on any atom is 0.0453 e. The highest BCUT2D eigenvalue weighted by Crippen LogP contribution is 2.26. The number of halogens is 2. The Balaban J connectivity index is 2.13. The van der Waals surface area contributed by atoms with Crippen molar-refractivity contribution >= 4 is 23.2 Å². The fourth-order valence-electron chi connectivity index (χ4n) is 2.17. The summed E-state index contributed by atoms with van der Waals surface area (Å²) >= 11 is 12.1. The zero-order valence-corrected chi connectivity index (χ0v) is 13.2. The zero-order valence-electron chi connectivity index (χ0n) is 11.7. The van der Waals surface area contributed by atoms with Gasteiger partial charge in [0.05, 0.1) is 0 Å². The van der Waals surface area contributed by atoms with Crippen LogP contribution in [0.4, 0.5) is 0 Å². The Hall–Kier alpha value is -1.02. The number of hydrogen-bond acceptors (Lipinski definition) is 1. The molecule has 0 bridgehead atoms. The SMILES string of the molecule is CC(C)c1ccc(C(N)Cc2ccc(Cl)cc2Cl)cc1. The summed E-state index contributed by atoms with van der Waals surface area (Å²) < 4.78 is 0. The molecule has 0 saturated heterocycles. The molecule has 1 atom stereocenters. The summed E-state index contributed by atoms with van der Waals surface area (Å²) in [5.74, 6) is 0.533. The van der Waals surface area contributed by atoms with E-state index in [2.05, 4.69) is 38.1 Å². The molecule has 0 aliphatic rings. The third kappa shape index (κ3) is 3.76. The van der Waals surface area contributed by atoms with E-state index in [1.807, 2.05) is 12.1 Å². The minimum atomic E-state index is -0.0603. The molecule has 0 aromatic heterocycles. The Morgan fingerprint density at radius 2 is 1.55 bits per heavy atom. The highest BCUT2D eigenvalue weighted by atomic mass is 35.5. The van der Waals surface area contributed by atoms with E-state index in [4.69, 9.17) is 28.9 Å². The topological polar surface area (TPSA) is 26.0 Å². The van der Waals surface area contributed by atoms with Gasteiger partial charge in [-0.2, -0.15) is 0 Å². The Morgan fingerprint density at radius 1 is 0.950 bits per heavy atom. The second kappa shape index (κ2) is 6.62. The van der Waals surface area contributed by atoms with E-state index in [9.17, 15) is 0 Å². The lowest BCUT2D eigenvalue weighted by Crippen LogP contribution is -2.13. The average Bonchev–Trinajstić information content (AvgIpc) is 2.42. The second-order valence-electron chi connectivity index (χ2n) is 5.37. The third-order valence-electron chi connectivity index (χ3n) is 3.49. The van der Waals surface area contributed by atoms with Gasteiger partial charge >= 0.3 is 0 Å². The van der Waals surface area contributed by atoms with Gasteiger partial charge in [-0.1, -0.05) is 67.4 Å². The van der Waals surface area contributed by atoms with Crippen LogP contribution in [0.15, 0.2) is 42.5 Å². The van der Waals surface area contributed by atoms with Gasteiger partial charge in [0, 0.05) is 16.1 Å². The lowest BCUT2D eigenvalue weighted by molar-refractivity contribution is 0.720. The van der Waals surface area contributed by atoms with E-state index in [1.165, 1.54) is 5.56 Å². The molecule has 1 nitrogen and oxygen atoms in total. The summed E-state index contributed by atoms with van der Waals surface area (Å²) in [4.78, 5) is 0. The molecule has 1 unspecified atom stereocenters. The van der Waals surface area contributed by atoms with Gasteiger partial charge < -0.3 is 5.73 Å². The van der Waals surface area contributed by atoms with E-state index >= 15 is 0 Å². The standard InChI is InChI=1S/C17H19Cl2N/c1-11(2)12-3-5-13(6-4-12)17(20)9-14-7-8-15(18)10-16(14)19/h3-8,10-11,17H,9,20H2,1-2H3. The quantitative estimate of drug-likeness (QED) is 0.808. The van der Waals surface area contributed by atoms with E-state index < -0.39 is 0 Å². The normalized spacial score (nSPS) is 12.7. The van der Waals surface area contributed by atoms with E-state index in [0.717, 1.165) is 11.1 Å². The molecule has 0 radical (unpaired) electrons. The second-order valence-corrected chi connectivity index (χ2v) is 6.21. The van der Waals surface area contributed by atoms with Crippen LogP contribution in [-0.2, 0) is 6.42 Å². The summed E-state index contributed by atoms with van der Waals surface area (Å²) in [6.07, 6.45) is 0.705. The highest BCUT2D eigenvalue weighted by molar-refractivity contribution is 6.35. The highest BCUT2D eigenvalue weighted by Gasteiger charge is 2.10. The molecule has 0 saturated carbocycles. The zero-order chi connectivity index (χ0) is 14.7. The molecule has 0 aliphatic carbocycles. The third-order valence-corrected chi connectivity index (χ3v) is 4.07. The first kappa shape index (κ1) is 15.4. The smallest absolute Gasteiger partial charge is 0.0453 e. The number of rotatable bonds is 4. The molecule has 0 heterocycles. The van der Waals surface area contributed by atoms with Crippen LogP contribution in [-0.4, -0.2) is 0 Å². The predicted octanol–water partition coefficient (Wildman–Crippen LogP) is 5.36. The molecule has 2 rings (SSSR count). The Kier molecular flexibility index (Phi) is 5.09. The monoisotopic (exact) mass is 307 g/mol. The van der Waals surface area contributed by atoms with Crippen molar-refractivity contribution in [3.8, 4) is 0 Å². The molecular weight excluding hydrogens is 289 g/mol. The summed E-state index contributed by atoms with van der Waals surface area (Å²) in [6.45, 7) is 4.37. The Bertz CT molecular complexity index is 576. The van der Waals surface area contributed by atoms with Crippen molar-refractivity contribution in [1.82, 2.24) is 0 Å². The molecule has 0 fully saturated rings. The minimum Gasteiger partial charge on any atom is -0.324 e. The molecular formula is C17H19Cl2N. The lowest BCUT2D eigenvalue weighted by Gasteiger charge is -2.15. The van der Waals surface area contributed by atoms with Crippen molar-refractivity contribution in [3.63, 3.8) is 0 Å². The molecule has 2 N–H and O–H groups in total. The van der Waals surface area contributed by atoms with E-state index in [0.29, 0.717) is 22.4 Å². The molecule has 20 heavy (non-hydrogen) atoms. The summed E-state index contributed by atoms with van der Waals surface area (Å²) in [6, 6.07) is 14.0. The number of nitrogens with two attached hydrogens (primary N) is 1. The van der Waals surface area contributed by atoms with Crippen molar-refractivity contribution in [2.24, 2.45) is 5.73 Å². The fourth-order valence-corrected chi connectivity index (χ4v) is 2.66. The van der Waals surface area contributed by atoms with Crippen molar-refractivity contribution in [2.75, 3.05) is 0 Å². The van der Waals surface area contributed by atoms with Crippen LogP contribution in [0.2, 0.25) is 10.0 Å². The Morgan fingerprint density at radius 3 is 2.10 bits per heavy atom. The first-order chi connectivity index (χ1) is 9.47. The van der Waals surface area contributed by atoms with Crippen LogP contribution < -0.4 is 5.73 Å². The van der Waals surface area contributed by atoms with E-state index in [1.54, 1.807) is 6.07 Å². The van der Waals surface area contributed by atoms with Crippen LogP contribution >= 0.6 is 23.2 Å². The van der Waals surface area contributed by atoms with Crippen LogP contribution in [0.25, 0.3) is 0 Å². The van der Waals surface area contributed by atoms with Crippen molar-refractivity contribution in [1.29, 1.82) is 0 Å². The number of benzene rings is 2. The molecule has 0 aliphatic heterocycles. The molecule has 3 heteroatoms. The van der Waals surface area contributed by atoms with Crippen LogP contribution in [0.3, 0.4) is 0 Å². The van der Waals surface area contributed by atoms with Gasteiger partial charge in [-0.25, -0.2) is 0 Å². The van der Waals surface area contributed by atoms with Crippen LogP contribution in [0.5, 0.6) is 0 Å². The molecule has 2 aromatic carbocycles. The van der Waals surface area contributed by atoms with Crippen molar-refractivity contribution < 1.29 is 0 Å². The first-order valence-electron chi connectivity index (χ1n) is 6.76. The summed E-state index contributed by atoms with van der Waals surface area (Å²) in [7, 11) is 0. The van der Waals surface area contributed by atoms with Gasteiger partial charge in [-0.3, -0.25) is 0 Å². The molecule has 2 aromatic rings. The molecule has 0 spiro atoms. The summed E-state index contributed by atoms with van der Waals surface area (Å²) in [5, 5.41) is 1.32. The lowest BCUT2D eigenvalue weighted by atomic mass is 9.96. The largest absolute Gasteiger partial charge is 0.324 e. The predicted molar refractivity (Wildman–Crippen MR) is 87.6 cm³/mol. The molecule has 106 valence electrons. The summed E-state index contributed by atoms with van der Waals surface area (Å²) in [5.41, 5.74) is 9.74. The first-order valence-corrected chi connectivity index (χ1v) is 7.52. The van der Waals surface area contributed by atoms with Crippen molar-refractivity contribution in [2.45, 2.75) is 32.2 Å². The number of hydrogen-bond donors (Lipinski definition) is 1. The minimum absolute atomic E-state index is 0.0603. The van der Waals surface area contributed by atoms with E-state index in [-0.39, 0.29) is 6.04 Å². The van der Waals surface area contributed by atoms with Crippen molar-refractivity contribution in [3.05, 3.63) is 69.2 Å². The fraction of sp³-hybridized carbons (Fsp3) is 0.294. The average molecular weight is 308 g/mol. The maximum absolute atomic E-state index is 6.27. The van der Waals surface area contributed by atoms with Gasteiger partial charge in [0.2, 0.25) is 0 Å². The van der Waals surface area contributed by atoms with Gasteiger partial charge in [-0.05, 0) is 41.2 Å².